The number of hydrogen-bond donors (Lipinski definition) is 2. The highest BCUT2D eigenvalue weighted by atomic mass is 16.2. The van der Waals surface area contributed by atoms with Gasteiger partial charge in [-0.15, -0.1) is 0 Å². The van der Waals surface area contributed by atoms with Gasteiger partial charge in [0.05, 0.1) is 11.0 Å². The smallest absolute Gasteiger partial charge is 0.322 e. The molecule has 4 rings (SSSR count). The molecule has 0 saturated carbocycles. The van der Waals surface area contributed by atoms with E-state index in [2.05, 4.69) is 10.3 Å². The van der Waals surface area contributed by atoms with Crippen LogP contribution in [0.5, 0.6) is 0 Å². The Bertz CT molecular complexity index is 1110. The van der Waals surface area contributed by atoms with Crippen LogP contribution in [0.1, 0.15) is 22.8 Å². The first kappa shape index (κ1) is 16.1. The summed E-state index contributed by atoms with van der Waals surface area (Å²) >= 11 is 0. The molecule has 2 N–H and O–H groups in total. The minimum atomic E-state index is -0.252. The molecule has 0 radical (unpaired) electrons. The minimum absolute atomic E-state index is 0.0192. The Balaban J connectivity index is 1.59. The number of rotatable bonds is 2. The lowest BCUT2D eigenvalue weighted by atomic mass is 10.1. The van der Waals surface area contributed by atoms with E-state index < -0.39 is 0 Å². The van der Waals surface area contributed by atoms with E-state index in [0.29, 0.717) is 23.3 Å². The van der Waals surface area contributed by atoms with E-state index >= 15 is 0 Å². The molecule has 0 bridgehead atoms. The highest BCUT2D eigenvalue weighted by Gasteiger charge is 2.22. The summed E-state index contributed by atoms with van der Waals surface area (Å²) in [6.45, 7) is 2.22. The summed E-state index contributed by atoms with van der Waals surface area (Å²) in [6, 6.07) is 10.7. The number of anilines is 2. The van der Waals surface area contributed by atoms with Crippen LogP contribution in [0.25, 0.3) is 11.0 Å². The molecule has 0 spiro atoms. The lowest BCUT2D eigenvalue weighted by Gasteiger charge is -2.15. The van der Waals surface area contributed by atoms with Crippen molar-refractivity contribution in [3.63, 3.8) is 0 Å². The van der Waals surface area contributed by atoms with E-state index in [4.69, 9.17) is 0 Å². The topological polar surface area (TPSA) is 87.2 Å². The molecular formula is C19H18N4O3. The van der Waals surface area contributed by atoms with E-state index in [0.717, 1.165) is 23.2 Å². The Morgan fingerprint density at radius 3 is 2.73 bits per heavy atom. The van der Waals surface area contributed by atoms with Crippen LogP contribution in [0.4, 0.5) is 11.4 Å². The van der Waals surface area contributed by atoms with Gasteiger partial charge in [-0.3, -0.25) is 14.2 Å². The van der Waals surface area contributed by atoms with Crippen LogP contribution < -0.4 is 15.9 Å². The van der Waals surface area contributed by atoms with Gasteiger partial charge in [0.25, 0.3) is 5.91 Å². The average molecular weight is 350 g/mol. The summed E-state index contributed by atoms with van der Waals surface area (Å²) in [5.41, 5.74) is 4.24. The van der Waals surface area contributed by atoms with E-state index in [9.17, 15) is 14.4 Å². The van der Waals surface area contributed by atoms with Gasteiger partial charge in [0, 0.05) is 37.5 Å². The molecule has 2 aromatic carbocycles. The molecule has 1 aliphatic heterocycles. The van der Waals surface area contributed by atoms with Crippen LogP contribution in [-0.4, -0.2) is 27.9 Å². The minimum Gasteiger partial charge on any atom is -0.322 e. The third-order valence-corrected chi connectivity index (χ3v) is 4.78. The van der Waals surface area contributed by atoms with Crippen LogP contribution in [-0.2, 0) is 18.3 Å². The summed E-state index contributed by atoms with van der Waals surface area (Å²) in [7, 11) is 1.68. The number of carbonyl (C=O) groups is 2. The Kier molecular flexibility index (Phi) is 3.64. The lowest BCUT2D eigenvalue weighted by Crippen LogP contribution is -2.25. The number of aryl methyl sites for hydroxylation is 1. The highest BCUT2D eigenvalue weighted by Crippen LogP contribution is 2.30. The molecule has 2 amide bonds. The molecule has 0 fully saturated rings. The number of benzene rings is 2. The van der Waals surface area contributed by atoms with Crippen molar-refractivity contribution in [3.05, 3.63) is 58.0 Å². The van der Waals surface area contributed by atoms with Crippen molar-refractivity contribution >= 4 is 34.2 Å². The molecule has 3 aromatic rings. The Hall–Kier alpha value is -3.35. The van der Waals surface area contributed by atoms with E-state index in [1.54, 1.807) is 43.1 Å². The number of imidazole rings is 1. The Morgan fingerprint density at radius 1 is 1.15 bits per heavy atom. The number of nitrogens with zero attached hydrogens (tertiary/aromatic N) is 2. The monoisotopic (exact) mass is 350 g/mol. The third-order valence-electron chi connectivity index (χ3n) is 4.78. The number of aromatic amines is 1. The highest BCUT2D eigenvalue weighted by molar-refractivity contribution is 6.06. The number of nitrogens with one attached hydrogen (secondary N) is 2. The zero-order valence-electron chi connectivity index (χ0n) is 14.5. The van der Waals surface area contributed by atoms with Gasteiger partial charge in [0.1, 0.15) is 0 Å². The second-order valence-electron chi connectivity index (χ2n) is 6.44. The fraction of sp³-hybridized carbons (Fsp3) is 0.211. The molecular weight excluding hydrogens is 332 g/mol. The summed E-state index contributed by atoms with van der Waals surface area (Å²) in [6.07, 6.45) is 0.774. The molecule has 0 atom stereocenters. The van der Waals surface area contributed by atoms with Crippen molar-refractivity contribution in [2.45, 2.75) is 13.3 Å². The van der Waals surface area contributed by atoms with Crippen molar-refractivity contribution in [1.82, 2.24) is 9.55 Å². The predicted molar refractivity (Wildman–Crippen MR) is 99.7 cm³/mol. The molecule has 26 heavy (non-hydrogen) atoms. The number of amides is 2. The molecule has 0 aliphatic carbocycles. The molecule has 0 unspecified atom stereocenters. The number of fused-ring (bicyclic) bond motifs is 2. The molecule has 1 aromatic heterocycles. The van der Waals surface area contributed by atoms with Crippen LogP contribution >= 0.6 is 0 Å². The molecule has 0 saturated heterocycles. The number of carbonyl (C=O) groups excluding carboxylic acids is 2. The maximum absolute atomic E-state index is 12.5. The Labute approximate surface area is 149 Å². The zero-order valence-corrected chi connectivity index (χ0v) is 14.5. The van der Waals surface area contributed by atoms with Crippen molar-refractivity contribution < 1.29 is 9.59 Å². The maximum atomic E-state index is 12.5. The second-order valence-corrected chi connectivity index (χ2v) is 6.44. The van der Waals surface area contributed by atoms with Crippen LogP contribution in [0.3, 0.4) is 0 Å². The van der Waals surface area contributed by atoms with Gasteiger partial charge in [0.15, 0.2) is 0 Å². The fourth-order valence-corrected chi connectivity index (χ4v) is 3.39. The van der Waals surface area contributed by atoms with Crippen LogP contribution in [0.2, 0.25) is 0 Å². The molecule has 7 heteroatoms. The summed E-state index contributed by atoms with van der Waals surface area (Å²) in [5.74, 6) is -0.233. The molecule has 2 heterocycles. The average Bonchev–Trinajstić information content (AvgIpc) is 3.15. The molecule has 7 nitrogen and oxygen atoms in total. The largest absolute Gasteiger partial charge is 0.326 e. The van der Waals surface area contributed by atoms with Crippen LogP contribution in [0, 0.1) is 0 Å². The summed E-state index contributed by atoms with van der Waals surface area (Å²) < 4.78 is 1.50. The fourth-order valence-electron chi connectivity index (χ4n) is 3.39. The van der Waals surface area contributed by atoms with Gasteiger partial charge < -0.3 is 15.2 Å². The predicted octanol–water partition coefficient (Wildman–Crippen LogP) is 2.03. The van der Waals surface area contributed by atoms with Crippen molar-refractivity contribution in [2.75, 3.05) is 16.8 Å². The quantitative estimate of drug-likeness (QED) is 0.741. The standard InChI is InChI=1S/C19H18N4O3/c1-11(24)23-8-7-12-9-14(4-6-16(12)23)20-18(25)13-3-5-17-15(10-13)21-19(26)22(17)2/h3-6,9-10H,7-8H2,1-2H3,(H,20,25)(H,21,26). The second kappa shape index (κ2) is 5.87. The lowest BCUT2D eigenvalue weighted by molar-refractivity contribution is -0.116. The van der Waals surface area contributed by atoms with E-state index in [-0.39, 0.29) is 17.5 Å². The van der Waals surface area contributed by atoms with Gasteiger partial charge in [-0.2, -0.15) is 0 Å². The summed E-state index contributed by atoms with van der Waals surface area (Å²) in [4.78, 5) is 40.3. The van der Waals surface area contributed by atoms with Gasteiger partial charge in [-0.1, -0.05) is 0 Å². The van der Waals surface area contributed by atoms with Crippen molar-refractivity contribution in [2.24, 2.45) is 7.05 Å². The first-order valence-corrected chi connectivity index (χ1v) is 8.35. The van der Waals surface area contributed by atoms with Crippen molar-refractivity contribution in [3.8, 4) is 0 Å². The van der Waals surface area contributed by atoms with Crippen molar-refractivity contribution in [1.29, 1.82) is 0 Å². The normalized spacial score (nSPS) is 13.1. The van der Waals surface area contributed by atoms with E-state index in [1.807, 2.05) is 12.1 Å². The van der Waals surface area contributed by atoms with Gasteiger partial charge in [-0.05, 0) is 48.4 Å². The van der Waals surface area contributed by atoms with Crippen LogP contribution in [0.15, 0.2) is 41.2 Å². The number of aromatic nitrogens is 2. The zero-order chi connectivity index (χ0) is 18.4. The number of hydrogen-bond acceptors (Lipinski definition) is 3. The van der Waals surface area contributed by atoms with Gasteiger partial charge in [0.2, 0.25) is 5.91 Å². The Morgan fingerprint density at radius 2 is 1.96 bits per heavy atom. The van der Waals surface area contributed by atoms with Gasteiger partial charge in [-0.25, -0.2) is 4.79 Å². The SMILES string of the molecule is CC(=O)N1CCc2cc(NC(=O)c3ccc4c(c3)[nH]c(=O)n4C)ccc21. The third kappa shape index (κ3) is 2.57. The van der Waals surface area contributed by atoms with Gasteiger partial charge >= 0.3 is 5.69 Å². The summed E-state index contributed by atoms with van der Waals surface area (Å²) in [5, 5.41) is 2.88. The first-order valence-electron chi connectivity index (χ1n) is 8.35. The first-order chi connectivity index (χ1) is 12.4. The maximum Gasteiger partial charge on any atom is 0.326 e. The number of H-pyrrole nitrogens is 1. The van der Waals surface area contributed by atoms with E-state index in [1.165, 1.54) is 4.57 Å². The molecule has 132 valence electrons. The molecule has 1 aliphatic rings.